The molecule has 6 heteroatoms. The molecule has 1 rings (SSSR count). The van der Waals surface area contributed by atoms with Gasteiger partial charge in [-0.3, -0.25) is 0 Å². The fourth-order valence-electron chi connectivity index (χ4n) is 1.36. The van der Waals surface area contributed by atoms with E-state index in [1.165, 1.54) is 0 Å². The quantitative estimate of drug-likeness (QED) is 0.776. The lowest BCUT2D eigenvalue weighted by Gasteiger charge is -2.19. The summed E-state index contributed by atoms with van der Waals surface area (Å²) in [4.78, 5) is 0. The molecule has 3 nitrogen and oxygen atoms in total. The Morgan fingerprint density at radius 1 is 1.26 bits per heavy atom. The molecule has 0 fully saturated rings. The topological polar surface area (TPSA) is 43.4 Å². The molecule has 0 amide bonds. The second-order valence-corrected chi connectivity index (χ2v) is 8.73. The van der Waals surface area contributed by atoms with E-state index in [1.54, 1.807) is 39.0 Å². The Morgan fingerprint density at radius 3 is 2.42 bits per heavy atom. The highest BCUT2D eigenvalue weighted by atomic mass is 35.5. The van der Waals surface area contributed by atoms with Crippen molar-refractivity contribution in [3.05, 3.63) is 28.8 Å². The first kappa shape index (κ1) is 16.6. The molecule has 0 aliphatic carbocycles. The summed E-state index contributed by atoms with van der Waals surface area (Å²) < 4.78 is 28.6. The van der Waals surface area contributed by atoms with Crippen molar-refractivity contribution in [3.8, 4) is 5.75 Å². The number of hydrogen-bond donors (Lipinski definition) is 0. The Labute approximate surface area is 124 Å². The molecule has 0 radical (unpaired) electrons. The minimum Gasteiger partial charge on any atom is -0.492 e. The molecule has 0 aliphatic heterocycles. The van der Waals surface area contributed by atoms with E-state index in [0.29, 0.717) is 10.8 Å². The summed E-state index contributed by atoms with van der Waals surface area (Å²) in [5.41, 5.74) is 0.752. The molecule has 0 bridgehead atoms. The van der Waals surface area contributed by atoms with E-state index in [0.717, 1.165) is 5.56 Å². The Hall–Kier alpha value is -0.450. The molecule has 0 atom stereocenters. The highest BCUT2D eigenvalue weighted by Gasteiger charge is 2.28. The number of alkyl halides is 1. The van der Waals surface area contributed by atoms with Gasteiger partial charge in [0.1, 0.15) is 12.4 Å². The van der Waals surface area contributed by atoms with Gasteiger partial charge in [0.2, 0.25) is 0 Å². The van der Waals surface area contributed by atoms with Crippen LogP contribution in [0.5, 0.6) is 5.75 Å². The molecule has 19 heavy (non-hydrogen) atoms. The lowest BCUT2D eigenvalue weighted by molar-refractivity contribution is 0.337. The maximum absolute atomic E-state index is 11.9. The van der Waals surface area contributed by atoms with Gasteiger partial charge in [-0.2, -0.15) is 0 Å². The molecule has 0 heterocycles. The molecule has 0 aromatic heterocycles. The van der Waals surface area contributed by atoms with Crippen molar-refractivity contribution in [1.82, 2.24) is 0 Å². The summed E-state index contributed by atoms with van der Waals surface area (Å²) in [6.45, 7) is 5.13. The minimum absolute atomic E-state index is 0.0269. The van der Waals surface area contributed by atoms with Crippen LogP contribution in [0.4, 0.5) is 0 Å². The highest BCUT2D eigenvalue weighted by molar-refractivity contribution is 7.92. The Morgan fingerprint density at radius 2 is 1.89 bits per heavy atom. The lowest BCUT2D eigenvalue weighted by atomic mass is 10.2. The van der Waals surface area contributed by atoms with Gasteiger partial charge in [0, 0.05) is 10.6 Å². The van der Waals surface area contributed by atoms with Crippen LogP contribution in [0.3, 0.4) is 0 Å². The summed E-state index contributed by atoms with van der Waals surface area (Å²) in [5, 5.41) is 0.574. The standard InChI is InChI=1S/C13H18Cl2O3S/c1-13(2,3)19(16,17)7-6-18-12-5-4-11(15)8-10(12)9-14/h4-5,8H,6-7,9H2,1-3H3. The van der Waals surface area contributed by atoms with E-state index in [1.807, 2.05) is 0 Å². The Bertz CT molecular complexity index is 533. The predicted octanol–water partition coefficient (Wildman–Crippen LogP) is 3.67. The first-order chi connectivity index (χ1) is 8.67. The van der Waals surface area contributed by atoms with Gasteiger partial charge < -0.3 is 4.74 Å². The normalized spacial score (nSPS) is 12.5. The van der Waals surface area contributed by atoms with Crippen LogP contribution < -0.4 is 4.74 Å². The second kappa shape index (κ2) is 6.33. The van der Waals surface area contributed by atoms with Crippen molar-refractivity contribution in [2.45, 2.75) is 31.4 Å². The van der Waals surface area contributed by atoms with E-state index < -0.39 is 14.6 Å². The van der Waals surface area contributed by atoms with Crippen LogP contribution in [0.2, 0.25) is 5.02 Å². The van der Waals surface area contributed by atoms with E-state index >= 15 is 0 Å². The smallest absolute Gasteiger partial charge is 0.158 e. The SMILES string of the molecule is CC(C)(C)S(=O)(=O)CCOc1ccc(Cl)cc1CCl. The molecule has 1 aromatic carbocycles. The average molecular weight is 325 g/mol. The summed E-state index contributed by atoms with van der Waals surface area (Å²) in [6, 6.07) is 5.09. The minimum atomic E-state index is -3.18. The molecule has 0 saturated carbocycles. The third kappa shape index (κ3) is 4.55. The number of hydrogen-bond acceptors (Lipinski definition) is 3. The third-order valence-corrected chi connectivity index (χ3v) is 5.80. The Kier molecular flexibility index (Phi) is 5.53. The summed E-state index contributed by atoms with van der Waals surface area (Å²) in [5.74, 6) is 0.812. The molecule has 0 spiro atoms. The van der Waals surface area contributed by atoms with E-state index in [4.69, 9.17) is 27.9 Å². The van der Waals surface area contributed by atoms with Crippen molar-refractivity contribution < 1.29 is 13.2 Å². The average Bonchev–Trinajstić information content (AvgIpc) is 2.29. The zero-order chi connectivity index (χ0) is 14.7. The molecular formula is C13H18Cl2O3S. The largest absolute Gasteiger partial charge is 0.492 e. The predicted molar refractivity (Wildman–Crippen MR) is 80.0 cm³/mol. The van der Waals surface area contributed by atoms with Gasteiger partial charge in [0.15, 0.2) is 9.84 Å². The highest BCUT2D eigenvalue weighted by Crippen LogP contribution is 2.25. The van der Waals surface area contributed by atoms with Crippen LogP contribution in [0.1, 0.15) is 26.3 Å². The molecular weight excluding hydrogens is 307 g/mol. The van der Waals surface area contributed by atoms with Crippen molar-refractivity contribution >= 4 is 33.0 Å². The van der Waals surface area contributed by atoms with Crippen LogP contribution in [-0.2, 0) is 15.7 Å². The Balaban J connectivity index is 2.69. The number of benzene rings is 1. The fraction of sp³-hybridized carbons (Fsp3) is 0.538. The van der Waals surface area contributed by atoms with Gasteiger partial charge in [-0.15, -0.1) is 11.6 Å². The number of rotatable bonds is 5. The molecule has 0 saturated heterocycles. The van der Waals surface area contributed by atoms with E-state index in [-0.39, 0.29) is 18.2 Å². The second-order valence-electron chi connectivity index (χ2n) is 5.17. The van der Waals surface area contributed by atoms with E-state index in [9.17, 15) is 8.42 Å². The van der Waals surface area contributed by atoms with Gasteiger partial charge in [-0.1, -0.05) is 11.6 Å². The molecule has 0 aliphatic rings. The third-order valence-electron chi connectivity index (χ3n) is 2.71. The maximum atomic E-state index is 11.9. The first-order valence-electron chi connectivity index (χ1n) is 5.87. The number of sulfone groups is 1. The summed E-state index contributed by atoms with van der Waals surface area (Å²) in [7, 11) is -3.18. The fourth-order valence-corrected chi connectivity index (χ4v) is 2.68. The summed E-state index contributed by atoms with van der Waals surface area (Å²) >= 11 is 11.6. The van der Waals surface area contributed by atoms with Crippen LogP contribution in [0, 0.1) is 0 Å². The van der Waals surface area contributed by atoms with Crippen molar-refractivity contribution in [2.24, 2.45) is 0 Å². The van der Waals surface area contributed by atoms with Crippen LogP contribution in [-0.4, -0.2) is 25.5 Å². The van der Waals surface area contributed by atoms with Gasteiger partial charge in [0.05, 0.1) is 16.4 Å². The monoisotopic (exact) mass is 324 g/mol. The maximum Gasteiger partial charge on any atom is 0.158 e. The molecule has 1 aromatic rings. The van der Waals surface area contributed by atoms with Gasteiger partial charge in [-0.25, -0.2) is 8.42 Å². The lowest BCUT2D eigenvalue weighted by Crippen LogP contribution is -2.32. The molecule has 0 N–H and O–H groups in total. The zero-order valence-corrected chi connectivity index (χ0v) is 13.6. The van der Waals surface area contributed by atoms with Gasteiger partial charge in [0.25, 0.3) is 0 Å². The molecule has 108 valence electrons. The molecule has 0 unspecified atom stereocenters. The van der Waals surface area contributed by atoms with Crippen molar-refractivity contribution in [1.29, 1.82) is 0 Å². The van der Waals surface area contributed by atoms with Crippen LogP contribution in [0.25, 0.3) is 0 Å². The first-order valence-corrected chi connectivity index (χ1v) is 8.43. The van der Waals surface area contributed by atoms with Gasteiger partial charge >= 0.3 is 0 Å². The van der Waals surface area contributed by atoms with E-state index in [2.05, 4.69) is 0 Å². The van der Waals surface area contributed by atoms with Crippen LogP contribution >= 0.6 is 23.2 Å². The van der Waals surface area contributed by atoms with Crippen LogP contribution in [0.15, 0.2) is 18.2 Å². The zero-order valence-electron chi connectivity index (χ0n) is 11.2. The van der Waals surface area contributed by atoms with Gasteiger partial charge in [-0.05, 0) is 39.0 Å². The number of halogens is 2. The summed E-state index contributed by atoms with van der Waals surface area (Å²) in [6.07, 6.45) is 0. The van der Waals surface area contributed by atoms with Crippen molar-refractivity contribution in [3.63, 3.8) is 0 Å². The number of ether oxygens (including phenoxy) is 1. The van der Waals surface area contributed by atoms with Crippen molar-refractivity contribution in [2.75, 3.05) is 12.4 Å².